The van der Waals surface area contributed by atoms with Crippen LogP contribution in [0.1, 0.15) is 30.5 Å². The van der Waals surface area contributed by atoms with Crippen LogP contribution < -0.4 is 16.0 Å². The highest BCUT2D eigenvalue weighted by atomic mass is 16.5. The number of benzene rings is 1. The maximum atomic E-state index is 5.52. The second-order valence-corrected chi connectivity index (χ2v) is 3.58. The van der Waals surface area contributed by atoms with E-state index in [0.717, 1.165) is 16.9 Å². The largest absolute Gasteiger partial charge is 0.496 e. The molecule has 1 rings (SSSR count). The van der Waals surface area contributed by atoms with E-state index in [1.807, 2.05) is 32.0 Å². The van der Waals surface area contributed by atoms with Crippen LogP contribution >= 0.6 is 0 Å². The number of nitrogens with one attached hydrogen (secondary N) is 1. The fraction of sp³-hybridized carbons (Fsp3) is 0.385. The number of methoxy groups -OCH3 is 1. The molecule has 0 aliphatic rings. The molecule has 86 valence electrons. The SMILES string of the molecule is CC#CCC(NN)c1ccc(C)c(OC)c1. The first-order valence-electron chi connectivity index (χ1n) is 5.23. The molecule has 0 heterocycles. The van der Waals surface area contributed by atoms with Gasteiger partial charge in [0, 0.05) is 6.42 Å². The molecule has 3 nitrogen and oxygen atoms in total. The molecule has 3 heteroatoms. The van der Waals surface area contributed by atoms with Gasteiger partial charge >= 0.3 is 0 Å². The van der Waals surface area contributed by atoms with Crippen molar-refractivity contribution >= 4 is 0 Å². The zero-order valence-corrected chi connectivity index (χ0v) is 10.0. The molecule has 0 saturated heterocycles. The van der Waals surface area contributed by atoms with Gasteiger partial charge in [0.25, 0.3) is 0 Å². The summed E-state index contributed by atoms with van der Waals surface area (Å²) in [5.74, 6) is 12.3. The number of hydrazine groups is 1. The Hall–Kier alpha value is -1.50. The minimum Gasteiger partial charge on any atom is -0.496 e. The summed E-state index contributed by atoms with van der Waals surface area (Å²) in [7, 11) is 1.67. The first-order chi connectivity index (χ1) is 7.72. The monoisotopic (exact) mass is 218 g/mol. The second kappa shape index (κ2) is 6.16. The zero-order valence-electron chi connectivity index (χ0n) is 10.0. The molecule has 0 amide bonds. The minimum absolute atomic E-state index is 0.0435. The summed E-state index contributed by atoms with van der Waals surface area (Å²) < 4.78 is 5.28. The van der Waals surface area contributed by atoms with Crippen LogP contribution in [0.4, 0.5) is 0 Å². The Balaban J connectivity index is 2.95. The number of nitrogens with two attached hydrogens (primary N) is 1. The van der Waals surface area contributed by atoms with E-state index in [4.69, 9.17) is 10.6 Å². The lowest BCUT2D eigenvalue weighted by Gasteiger charge is -2.15. The predicted octanol–water partition coefficient (Wildman–Crippen LogP) is 1.92. The van der Waals surface area contributed by atoms with Crippen molar-refractivity contribution in [3.63, 3.8) is 0 Å². The molecule has 1 aromatic rings. The maximum absolute atomic E-state index is 5.52. The third-order valence-electron chi connectivity index (χ3n) is 2.52. The van der Waals surface area contributed by atoms with E-state index in [1.165, 1.54) is 0 Å². The maximum Gasteiger partial charge on any atom is 0.122 e. The van der Waals surface area contributed by atoms with Crippen LogP contribution in [-0.2, 0) is 0 Å². The Kier molecular flexibility index (Phi) is 4.84. The van der Waals surface area contributed by atoms with Gasteiger partial charge in [-0.05, 0) is 31.0 Å². The molecule has 1 aromatic carbocycles. The van der Waals surface area contributed by atoms with Crippen LogP contribution in [0.3, 0.4) is 0 Å². The van der Waals surface area contributed by atoms with E-state index in [0.29, 0.717) is 6.42 Å². The molecule has 0 saturated carbocycles. The lowest BCUT2D eigenvalue weighted by atomic mass is 10.0. The average molecular weight is 218 g/mol. The molecule has 0 spiro atoms. The number of aryl methyl sites for hydroxylation is 1. The molecular weight excluding hydrogens is 200 g/mol. The van der Waals surface area contributed by atoms with Crippen molar-refractivity contribution in [2.75, 3.05) is 7.11 Å². The van der Waals surface area contributed by atoms with Gasteiger partial charge in [0.2, 0.25) is 0 Å². The summed E-state index contributed by atoms with van der Waals surface area (Å²) in [5.41, 5.74) is 4.97. The highest BCUT2D eigenvalue weighted by Crippen LogP contribution is 2.24. The van der Waals surface area contributed by atoms with Crippen LogP contribution in [0.15, 0.2) is 18.2 Å². The van der Waals surface area contributed by atoms with Crippen molar-refractivity contribution in [3.8, 4) is 17.6 Å². The summed E-state index contributed by atoms with van der Waals surface area (Å²) in [5, 5.41) is 0. The van der Waals surface area contributed by atoms with Gasteiger partial charge in [0.15, 0.2) is 0 Å². The van der Waals surface area contributed by atoms with Gasteiger partial charge in [-0.15, -0.1) is 11.8 Å². The van der Waals surface area contributed by atoms with E-state index in [9.17, 15) is 0 Å². The molecule has 0 radical (unpaired) electrons. The Labute approximate surface area is 97.0 Å². The van der Waals surface area contributed by atoms with E-state index < -0.39 is 0 Å². The van der Waals surface area contributed by atoms with Gasteiger partial charge in [-0.1, -0.05) is 12.1 Å². The molecule has 0 aliphatic heterocycles. The summed E-state index contributed by atoms with van der Waals surface area (Å²) in [4.78, 5) is 0. The Morgan fingerprint density at radius 2 is 2.25 bits per heavy atom. The number of ether oxygens (including phenoxy) is 1. The quantitative estimate of drug-likeness (QED) is 0.461. The first-order valence-corrected chi connectivity index (χ1v) is 5.23. The molecule has 16 heavy (non-hydrogen) atoms. The average Bonchev–Trinajstić information content (AvgIpc) is 2.32. The van der Waals surface area contributed by atoms with Crippen molar-refractivity contribution in [2.24, 2.45) is 5.84 Å². The summed E-state index contributed by atoms with van der Waals surface area (Å²) in [6.07, 6.45) is 0.694. The predicted molar refractivity (Wildman–Crippen MR) is 65.9 cm³/mol. The number of hydrogen-bond donors (Lipinski definition) is 2. The fourth-order valence-corrected chi connectivity index (χ4v) is 1.53. The summed E-state index contributed by atoms with van der Waals surface area (Å²) in [6.45, 7) is 3.84. The minimum atomic E-state index is 0.0435. The lowest BCUT2D eigenvalue weighted by Crippen LogP contribution is -2.27. The standard InChI is InChI=1S/C13H18N2O/c1-4-5-6-12(15-14)11-8-7-10(2)13(9-11)16-3/h7-9,12,15H,6,14H2,1-3H3. The van der Waals surface area contributed by atoms with Gasteiger partial charge in [0.05, 0.1) is 13.2 Å². The molecule has 3 N–H and O–H groups in total. The van der Waals surface area contributed by atoms with E-state index >= 15 is 0 Å². The smallest absolute Gasteiger partial charge is 0.122 e. The van der Waals surface area contributed by atoms with Crippen LogP contribution in [0.25, 0.3) is 0 Å². The lowest BCUT2D eigenvalue weighted by molar-refractivity contribution is 0.410. The van der Waals surface area contributed by atoms with Crippen LogP contribution in [-0.4, -0.2) is 7.11 Å². The van der Waals surface area contributed by atoms with Crippen LogP contribution in [0, 0.1) is 18.8 Å². The van der Waals surface area contributed by atoms with Crippen LogP contribution in [0.5, 0.6) is 5.75 Å². The number of hydrogen-bond acceptors (Lipinski definition) is 3. The van der Waals surface area contributed by atoms with E-state index in [1.54, 1.807) is 7.11 Å². The van der Waals surface area contributed by atoms with Gasteiger partial charge in [-0.2, -0.15) is 0 Å². The normalized spacial score (nSPS) is 11.5. The molecule has 1 atom stereocenters. The van der Waals surface area contributed by atoms with Crippen molar-refractivity contribution in [1.82, 2.24) is 5.43 Å². The zero-order chi connectivity index (χ0) is 12.0. The molecule has 1 unspecified atom stereocenters. The molecular formula is C13H18N2O. The Morgan fingerprint density at radius 1 is 1.50 bits per heavy atom. The van der Waals surface area contributed by atoms with Crippen molar-refractivity contribution in [3.05, 3.63) is 29.3 Å². The fourth-order valence-electron chi connectivity index (χ4n) is 1.53. The molecule has 0 aliphatic carbocycles. The highest BCUT2D eigenvalue weighted by Gasteiger charge is 2.10. The van der Waals surface area contributed by atoms with Crippen molar-refractivity contribution in [1.29, 1.82) is 0 Å². The number of rotatable bonds is 4. The highest BCUT2D eigenvalue weighted by molar-refractivity contribution is 5.38. The molecule has 0 fully saturated rings. The third-order valence-corrected chi connectivity index (χ3v) is 2.52. The van der Waals surface area contributed by atoms with E-state index in [-0.39, 0.29) is 6.04 Å². The third kappa shape index (κ3) is 2.99. The van der Waals surface area contributed by atoms with Crippen LogP contribution in [0.2, 0.25) is 0 Å². The first kappa shape index (κ1) is 12.6. The Bertz CT molecular complexity index is 404. The molecule has 0 bridgehead atoms. The summed E-state index contributed by atoms with van der Waals surface area (Å²) in [6, 6.07) is 6.11. The van der Waals surface area contributed by atoms with Crippen molar-refractivity contribution in [2.45, 2.75) is 26.3 Å². The Morgan fingerprint density at radius 3 is 2.81 bits per heavy atom. The van der Waals surface area contributed by atoms with Gasteiger partial charge in [-0.3, -0.25) is 11.3 Å². The van der Waals surface area contributed by atoms with Gasteiger partial charge < -0.3 is 4.74 Å². The summed E-state index contributed by atoms with van der Waals surface area (Å²) >= 11 is 0. The topological polar surface area (TPSA) is 47.3 Å². The van der Waals surface area contributed by atoms with Gasteiger partial charge in [0.1, 0.15) is 5.75 Å². The van der Waals surface area contributed by atoms with E-state index in [2.05, 4.69) is 17.3 Å². The van der Waals surface area contributed by atoms with Crippen molar-refractivity contribution < 1.29 is 4.74 Å². The van der Waals surface area contributed by atoms with Gasteiger partial charge in [-0.25, -0.2) is 0 Å². The second-order valence-electron chi connectivity index (χ2n) is 3.58. The molecule has 0 aromatic heterocycles.